The lowest BCUT2D eigenvalue weighted by Gasteiger charge is -2.38. The van der Waals surface area contributed by atoms with E-state index in [1.807, 2.05) is 20.8 Å². The van der Waals surface area contributed by atoms with E-state index in [9.17, 15) is 18.4 Å². The van der Waals surface area contributed by atoms with Gasteiger partial charge in [0, 0.05) is 24.4 Å². The molecule has 1 unspecified atom stereocenters. The van der Waals surface area contributed by atoms with Gasteiger partial charge < -0.3 is 19.5 Å². The molecule has 2 heterocycles. The van der Waals surface area contributed by atoms with Crippen molar-refractivity contribution >= 4 is 12.0 Å². The first-order valence-corrected chi connectivity index (χ1v) is 9.17. The minimum atomic E-state index is -3.16. The molecular weight excluding hydrogens is 374 g/mol. The highest BCUT2D eigenvalue weighted by molar-refractivity contribution is 5.90. The van der Waals surface area contributed by atoms with Crippen LogP contribution in [0.25, 0.3) is 0 Å². The van der Waals surface area contributed by atoms with E-state index < -0.39 is 41.4 Å². The number of hydrogen-bond donors (Lipinski definition) is 1. The Balaban J connectivity index is 1.92. The van der Waals surface area contributed by atoms with Crippen molar-refractivity contribution in [1.82, 2.24) is 20.4 Å². The van der Waals surface area contributed by atoms with Crippen LogP contribution in [-0.2, 0) is 10.2 Å². The number of piperidine rings is 1. The minimum absolute atomic E-state index is 0.0337. The molecule has 0 aliphatic carbocycles. The van der Waals surface area contributed by atoms with Crippen LogP contribution in [0.2, 0.25) is 0 Å². The number of likely N-dealkylation sites (tertiary alicyclic amines) is 1. The van der Waals surface area contributed by atoms with Crippen LogP contribution in [0.3, 0.4) is 0 Å². The number of carbonyl (C=O) groups excluding carboxylic acids is 2. The summed E-state index contributed by atoms with van der Waals surface area (Å²) in [5.74, 6) is -4.85. The van der Waals surface area contributed by atoms with Crippen LogP contribution in [0.4, 0.5) is 13.6 Å². The zero-order chi connectivity index (χ0) is 21.3. The lowest BCUT2D eigenvalue weighted by Crippen LogP contribution is -2.54. The average molecular weight is 402 g/mol. The van der Waals surface area contributed by atoms with Gasteiger partial charge in [0.1, 0.15) is 5.60 Å². The number of amides is 2. The molecule has 10 heteroatoms. The first-order chi connectivity index (χ1) is 12.7. The van der Waals surface area contributed by atoms with E-state index >= 15 is 0 Å². The maximum Gasteiger partial charge on any atom is 0.410 e. The summed E-state index contributed by atoms with van der Waals surface area (Å²) in [5, 5.41) is 6.03. The minimum Gasteiger partial charge on any atom is -0.444 e. The summed E-state index contributed by atoms with van der Waals surface area (Å²) in [7, 11) is 0. The molecule has 2 rings (SSSR count). The second-order valence-corrected chi connectivity index (χ2v) is 9.03. The molecule has 1 N–H and O–H groups in total. The summed E-state index contributed by atoms with van der Waals surface area (Å²) in [4.78, 5) is 29.2. The number of nitrogens with one attached hydrogen (secondary N) is 1. The summed E-state index contributed by atoms with van der Waals surface area (Å²) in [6.07, 6.45) is -0.734. The summed E-state index contributed by atoms with van der Waals surface area (Å²) >= 11 is 0. The van der Waals surface area contributed by atoms with Crippen molar-refractivity contribution < 1.29 is 27.6 Å². The summed E-state index contributed by atoms with van der Waals surface area (Å²) in [6, 6.07) is 0. The molecule has 28 heavy (non-hydrogen) atoms. The number of halogens is 2. The van der Waals surface area contributed by atoms with Crippen molar-refractivity contribution in [3.8, 4) is 0 Å². The molecule has 0 aromatic carbocycles. The van der Waals surface area contributed by atoms with Crippen molar-refractivity contribution in [2.75, 3.05) is 19.6 Å². The smallest absolute Gasteiger partial charge is 0.410 e. The molecule has 1 aliphatic heterocycles. The van der Waals surface area contributed by atoms with Gasteiger partial charge in [0.15, 0.2) is 0 Å². The molecule has 1 atom stereocenters. The van der Waals surface area contributed by atoms with Crippen molar-refractivity contribution in [1.29, 1.82) is 0 Å². The first kappa shape index (κ1) is 22.0. The normalized spacial score (nSPS) is 20.0. The van der Waals surface area contributed by atoms with Gasteiger partial charge >= 0.3 is 6.09 Å². The third-order valence-electron chi connectivity index (χ3n) is 4.18. The Morgan fingerprint density at radius 2 is 1.93 bits per heavy atom. The maximum absolute atomic E-state index is 14.5. The monoisotopic (exact) mass is 402 g/mol. The van der Waals surface area contributed by atoms with Crippen molar-refractivity contribution in [2.45, 2.75) is 64.9 Å². The Kier molecular flexibility index (Phi) is 6.01. The van der Waals surface area contributed by atoms with Gasteiger partial charge in [-0.3, -0.25) is 4.79 Å². The fourth-order valence-electron chi connectivity index (χ4n) is 2.63. The van der Waals surface area contributed by atoms with Crippen molar-refractivity contribution in [3.05, 3.63) is 11.7 Å². The highest BCUT2D eigenvalue weighted by Crippen LogP contribution is 2.33. The molecule has 8 nitrogen and oxygen atoms in total. The van der Waals surface area contributed by atoms with Crippen LogP contribution < -0.4 is 5.32 Å². The number of ether oxygens (including phenoxy) is 1. The lowest BCUT2D eigenvalue weighted by atomic mass is 9.93. The third kappa shape index (κ3) is 5.62. The molecule has 1 aromatic heterocycles. The first-order valence-electron chi connectivity index (χ1n) is 9.17. The molecule has 0 radical (unpaired) electrons. The Bertz CT molecular complexity index is 722. The molecule has 0 spiro atoms. The number of alkyl halides is 2. The quantitative estimate of drug-likeness (QED) is 0.835. The van der Waals surface area contributed by atoms with Gasteiger partial charge in [0.2, 0.25) is 5.89 Å². The Hall–Kier alpha value is -2.26. The Morgan fingerprint density at radius 3 is 2.43 bits per heavy atom. The summed E-state index contributed by atoms with van der Waals surface area (Å²) < 4.78 is 39.1. The number of rotatable bonds is 3. The van der Waals surface area contributed by atoms with Crippen LogP contribution in [0.5, 0.6) is 0 Å². The van der Waals surface area contributed by atoms with Gasteiger partial charge in [-0.2, -0.15) is 4.98 Å². The standard InChI is InChI=1S/C18H28F2N4O4/c1-16(2,3)14-22-12(23-28-14)13(25)21-9-11-7-8-24(10-18(11,19)20)15(26)27-17(4,5)6/h11H,7-10H2,1-6H3,(H,21,25). The molecule has 1 saturated heterocycles. The number of carbonyl (C=O) groups is 2. The second-order valence-electron chi connectivity index (χ2n) is 9.03. The SMILES string of the molecule is CC(C)(C)OC(=O)N1CCC(CNC(=O)c2noc(C(C)(C)C)n2)C(F)(F)C1. The van der Waals surface area contributed by atoms with Crippen LogP contribution in [0, 0.1) is 5.92 Å². The zero-order valence-electron chi connectivity index (χ0n) is 17.1. The van der Waals surface area contributed by atoms with Crippen LogP contribution in [0.15, 0.2) is 4.52 Å². The van der Waals surface area contributed by atoms with E-state index in [-0.39, 0.29) is 31.2 Å². The van der Waals surface area contributed by atoms with E-state index in [0.717, 1.165) is 4.90 Å². The Morgan fingerprint density at radius 1 is 1.29 bits per heavy atom. The molecule has 0 bridgehead atoms. The van der Waals surface area contributed by atoms with Gasteiger partial charge in [0.25, 0.3) is 17.7 Å². The average Bonchev–Trinajstić information content (AvgIpc) is 3.01. The van der Waals surface area contributed by atoms with E-state index in [1.165, 1.54) is 0 Å². The number of aromatic nitrogens is 2. The predicted octanol–water partition coefficient (Wildman–Crippen LogP) is 2.99. The van der Waals surface area contributed by atoms with E-state index in [2.05, 4.69) is 15.5 Å². The highest BCUT2D eigenvalue weighted by Gasteiger charge is 2.46. The molecule has 0 saturated carbocycles. The summed E-state index contributed by atoms with van der Waals surface area (Å²) in [5.41, 5.74) is -1.18. The van der Waals surface area contributed by atoms with E-state index in [0.29, 0.717) is 0 Å². The predicted molar refractivity (Wildman–Crippen MR) is 96.2 cm³/mol. The van der Waals surface area contributed by atoms with Gasteiger partial charge in [-0.1, -0.05) is 25.9 Å². The Labute approximate surface area is 163 Å². The lowest BCUT2D eigenvalue weighted by molar-refractivity contribution is -0.108. The number of nitrogens with zero attached hydrogens (tertiary/aromatic N) is 3. The fraction of sp³-hybridized carbons (Fsp3) is 0.778. The largest absolute Gasteiger partial charge is 0.444 e. The van der Waals surface area contributed by atoms with Crippen LogP contribution in [-0.4, -0.2) is 58.2 Å². The highest BCUT2D eigenvalue weighted by atomic mass is 19.3. The molecular formula is C18H28F2N4O4. The molecule has 1 aromatic rings. The summed E-state index contributed by atoms with van der Waals surface area (Å²) in [6.45, 7) is 9.69. The van der Waals surface area contributed by atoms with Gasteiger partial charge in [-0.05, 0) is 27.2 Å². The van der Waals surface area contributed by atoms with E-state index in [1.54, 1.807) is 20.8 Å². The third-order valence-corrected chi connectivity index (χ3v) is 4.18. The molecule has 158 valence electrons. The zero-order valence-corrected chi connectivity index (χ0v) is 17.1. The van der Waals surface area contributed by atoms with Gasteiger partial charge in [0.05, 0.1) is 6.54 Å². The van der Waals surface area contributed by atoms with Crippen LogP contribution in [0.1, 0.15) is 64.5 Å². The van der Waals surface area contributed by atoms with E-state index in [4.69, 9.17) is 9.26 Å². The van der Waals surface area contributed by atoms with Crippen LogP contribution >= 0.6 is 0 Å². The van der Waals surface area contributed by atoms with Gasteiger partial charge in [-0.15, -0.1) is 0 Å². The van der Waals surface area contributed by atoms with Gasteiger partial charge in [-0.25, -0.2) is 13.6 Å². The van der Waals surface area contributed by atoms with Crippen molar-refractivity contribution in [2.24, 2.45) is 5.92 Å². The molecule has 1 fully saturated rings. The second kappa shape index (κ2) is 7.63. The maximum atomic E-state index is 14.5. The topological polar surface area (TPSA) is 97.6 Å². The number of hydrogen-bond acceptors (Lipinski definition) is 6. The molecule has 1 aliphatic rings. The molecule has 2 amide bonds. The van der Waals surface area contributed by atoms with Crippen molar-refractivity contribution in [3.63, 3.8) is 0 Å². The fourth-order valence-corrected chi connectivity index (χ4v) is 2.63.